The van der Waals surface area contributed by atoms with Crippen molar-refractivity contribution in [2.75, 3.05) is 20.3 Å². The van der Waals surface area contributed by atoms with Gasteiger partial charge in [0, 0.05) is 24.6 Å². The van der Waals surface area contributed by atoms with Gasteiger partial charge in [-0.1, -0.05) is 25.0 Å². The van der Waals surface area contributed by atoms with E-state index in [0.29, 0.717) is 18.6 Å². The Bertz CT molecular complexity index is 462. The van der Waals surface area contributed by atoms with E-state index in [4.69, 9.17) is 4.74 Å². The fourth-order valence-corrected chi connectivity index (χ4v) is 3.83. The maximum absolute atomic E-state index is 9.65. The maximum atomic E-state index is 9.65. The standard InChI is InChI=1S/C18H27NO2/c1-21-17-6-4-5-14(11-17)15-9-16(10-15)19-12-18(13-20)7-2-3-8-18/h4-6,11,15-16,19-20H,2-3,7-10,12-13H2,1H3. The molecule has 0 bridgehead atoms. The van der Waals surface area contributed by atoms with Crippen molar-refractivity contribution < 1.29 is 9.84 Å². The van der Waals surface area contributed by atoms with Crippen LogP contribution >= 0.6 is 0 Å². The van der Waals surface area contributed by atoms with Gasteiger partial charge in [-0.3, -0.25) is 0 Å². The molecule has 0 saturated heterocycles. The molecule has 0 radical (unpaired) electrons. The molecule has 2 aliphatic rings. The van der Waals surface area contributed by atoms with E-state index in [1.54, 1.807) is 7.11 Å². The molecule has 2 N–H and O–H groups in total. The number of aliphatic hydroxyl groups excluding tert-OH is 1. The Kier molecular flexibility index (Phi) is 4.51. The molecule has 0 spiro atoms. The molecule has 2 aliphatic carbocycles. The van der Waals surface area contributed by atoms with Crippen molar-refractivity contribution in [3.8, 4) is 5.75 Å². The van der Waals surface area contributed by atoms with E-state index in [-0.39, 0.29) is 5.41 Å². The molecular formula is C18H27NO2. The molecule has 0 atom stereocenters. The molecule has 1 aromatic rings. The third-order valence-corrected chi connectivity index (χ3v) is 5.47. The minimum absolute atomic E-state index is 0.168. The lowest BCUT2D eigenvalue weighted by atomic mass is 9.75. The molecular weight excluding hydrogens is 262 g/mol. The Labute approximate surface area is 127 Å². The zero-order chi connectivity index (χ0) is 14.7. The van der Waals surface area contributed by atoms with E-state index in [2.05, 4.69) is 23.5 Å². The van der Waals surface area contributed by atoms with E-state index in [1.807, 2.05) is 6.07 Å². The molecule has 1 aromatic carbocycles. The molecule has 0 aromatic heterocycles. The number of nitrogens with one attached hydrogen (secondary N) is 1. The van der Waals surface area contributed by atoms with Gasteiger partial charge >= 0.3 is 0 Å². The fourth-order valence-electron chi connectivity index (χ4n) is 3.83. The van der Waals surface area contributed by atoms with E-state index in [0.717, 1.165) is 12.3 Å². The number of methoxy groups -OCH3 is 1. The molecule has 116 valence electrons. The fraction of sp³-hybridized carbons (Fsp3) is 0.667. The lowest BCUT2D eigenvalue weighted by Gasteiger charge is -2.39. The second kappa shape index (κ2) is 6.37. The van der Waals surface area contributed by atoms with Crippen LogP contribution in [0.25, 0.3) is 0 Å². The summed E-state index contributed by atoms with van der Waals surface area (Å²) in [6.07, 6.45) is 7.33. The van der Waals surface area contributed by atoms with Crippen LogP contribution in [0.2, 0.25) is 0 Å². The molecule has 3 heteroatoms. The van der Waals surface area contributed by atoms with Crippen LogP contribution in [-0.4, -0.2) is 31.4 Å². The molecule has 0 amide bonds. The highest BCUT2D eigenvalue weighted by Crippen LogP contribution is 2.40. The van der Waals surface area contributed by atoms with E-state index < -0.39 is 0 Å². The molecule has 0 unspecified atom stereocenters. The minimum atomic E-state index is 0.168. The molecule has 3 nitrogen and oxygen atoms in total. The molecule has 21 heavy (non-hydrogen) atoms. The molecule has 3 rings (SSSR count). The van der Waals surface area contributed by atoms with Gasteiger partial charge in [0.2, 0.25) is 0 Å². The van der Waals surface area contributed by atoms with Crippen LogP contribution in [0, 0.1) is 5.41 Å². The minimum Gasteiger partial charge on any atom is -0.497 e. The first-order chi connectivity index (χ1) is 10.2. The Balaban J connectivity index is 1.47. The summed E-state index contributed by atoms with van der Waals surface area (Å²) in [7, 11) is 1.72. The van der Waals surface area contributed by atoms with Crippen LogP contribution in [-0.2, 0) is 0 Å². The van der Waals surface area contributed by atoms with Crippen molar-refractivity contribution in [2.45, 2.75) is 50.5 Å². The van der Waals surface area contributed by atoms with Crippen LogP contribution in [0.4, 0.5) is 0 Å². The van der Waals surface area contributed by atoms with E-state index in [1.165, 1.54) is 44.1 Å². The van der Waals surface area contributed by atoms with E-state index >= 15 is 0 Å². The normalized spacial score (nSPS) is 27.3. The first kappa shape index (κ1) is 14.9. The highest BCUT2D eigenvalue weighted by atomic mass is 16.5. The third kappa shape index (κ3) is 3.24. The van der Waals surface area contributed by atoms with Crippen molar-refractivity contribution in [3.05, 3.63) is 29.8 Å². The number of benzene rings is 1. The summed E-state index contributed by atoms with van der Waals surface area (Å²) in [4.78, 5) is 0. The van der Waals surface area contributed by atoms with Crippen LogP contribution in [0.5, 0.6) is 5.75 Å². The maximum Gasteiger partial charge on any atom is 0.119 e. The van der Waals surface area contributed by atoms with Gasteiger partial charge in [0.1, 0.15) is 5.75 Å². The van der Waals surface area contributed by atoms with Crippen molar-refractivity contribution in [1.82, 2.24) is 5.32 Å². The van der Waals surface area contributed by atoms with Gasteiger partial charge in [0.15, 0.2) is 0 Å². The average molecular weight is 289 g/mol. The quantitative estimate of drug-likeness (QED) is 0.845. The van der Waals surface area contributed by atoms with Crippen LogP contribution < -0.4 is 10.1 Å². The summed E-state index contributed by atoms with van der Waals surface area (Å²) in [6.45, 7) is 1.32. The highest BCUT2D eigenvalue weighted by Gasteiger charge is 2.36. The number of ether oxygens (including phenoxy) is 1. The number of hydrogen-bond donors (Lipinski definition) is 2. The Hall–Kier alpha value is -1.06. The predicted molar refractivity (Wildman–Crippen MR) is 84.7 cm³/mol. The van der Waals surface area contributed by atoms with Gasteiger partial charge in [0.25, 0.3) is 0 Å². The zero-order valence-corrected chi connectivity index (χ0v) is 13.0. The second-order valence-electron chi connectivity index (χ2n) is 6.89. The lowest BCUT2D eigenvalue weighted by molar-refractivity contribution is 0.117. The summed E-state index contributed by atoms with van der Waals surface area (Å²) in [5, 5.41) is 13.3. The van der Waals surface area contributed by atoms with Crippen molar-refractivity contribution >= 4 is 0 Å². The lowest BCUT2D eigenvalue weighted by Crippen LogP contribution is -2.46. The molecule has 2 saturated carbocycles. The monoisotopic (exact) mass is 289 g/mol. The molecule has 0 aliphatic heterocycles. The number of rotatable bonds is 6. The Morgan fingerprint density at radius 2 is 2.05 bits per heavy atom. The van der Waals surface area contributed by atoms with Gasteiger partial charge in [-0.2, -0.15) is 0 Å². The average Bonchev–Trinajstić information content (AvgIpc) is 2.95. The first-order valence-corrected chi connectivity index (χ1v) is 8.23. The van der Waals surface area contributed by atoms with Crippen LogP contribution in [0.1, 0.15) is 50.0 Å². The summed E-state index contributed by atoms with van der Waals surface area (Å²) in [5.74, 6) is 1.61. The van der Waals surface area contributed by atoms with Gasteiger partial charge < -0.3 is 15.2 Å². The van der Waals surface area contributed by atoms with Crippen molar-refractivity contribution in [3.63, 3.8) is 0 Å². The smallest absolute Gasteiger partial charge is 0.119 e. The molecule has 0 heterocycles. The van der Waals surface area contributed by atoms with Crippen molar-refractivity contribution in [2.24, 2.45) is 5.41 Å². The first-order valence-electron chi connectivity index (χ1n) is 8.23. The number of hydrogen-bond acceptors (Lipinski definition) is 3. The zero-order valence-electron chi connectivity index (χ0n) is 13.0. The van der Waals surface area contributed by atoms with Gasteiger partial charge in [-0.05, 0) is 49.3 Å². The third-order valence-electron chi connectivity index (χ3n) is 5.47. The van der Waals surface area contributed by atoms with Gasteiger partial charge in [0.05, 0.1) is 7.11 Å². The summed E-state index contributed by atoms with van der Waals surface area (Å²) in [5.41, 5.74) is 1.56. The van der Waals surface area contributed by atoms with Gasteiger partial charge in [-0.25, -0.2) is 0 Å². The Morgan fingerprint density at radius 1 is 1.29 bits per heavy atom. The Morgan fingerprint density at radius 3 is 2.71 bits per heavy atom. The molecule has 2 fully saturated rings. The van der Waals surface area contributed by atoms with Crippen LogP contribution in [0.15, 0.2) is 24.3 Å². The van der Waals surface area contributed by atoms with Crippen LogP contribution in [0.3, 0.4) is 0 Å². The summed E-state index contributed by atoms with van der Waals surface area (Å²) >= 11 is 0. The highest BCUT2D eigenvalue weighted by molar-refractivity contribution is 5.32. The van der Waals surface area contributed by atoms with E-state index in [9.17, 15) is 5.11 Å². The number of aliphatic hydroxyl groups is 1. The second-order valence-corrected chi connectivity index (χ2v) is 6.89. The summed E-state index contributed by atoms with van der Waals surface area (Å²) in [6, 6.07) is 9.06. The SMILES string of the molecule is COc1cccc(C2CC(NCC3(CO)CCCC3)C2)c1. The van der Waals surface area contributed by atoms with Gasteiger partial charge in [-0.15, -0.1) is 0 Å². The van der Waals surface area contributed by atoms with Crippen molar-refractivity contribution in [1.29, 1.82) is 0 Å². The topological polar surface area (TPSA) is 41.5 Å². The summed E-state index contributed by atoms with van der Waals surface area (Å²) < 4.78 is 5.30. The largest absolute Gasteiger partial charge is 0.497 e. The predicted octanol–water partition coefficient (Wildman–Crippen LogP) is 3.08.